The number of ether oxygens (including phenoxy) is 2. The second-order valence-corrected chi connectivity index (χ2v) is 5.74. The van der Waals surface area contributed by atoms with Crippen LogP contribution in [0.15, 0.2) is 34.9 Å². The largest absolute Gasteiger partial charge is 0.454 e. The number of pyridine rings is 1. The molecule has 4 nitrogen and oxygen atoms in total. The zero-order valence-electron chi connectivity index (χ0n) is 11.4. The van der Waals surface area contributed by atoms with Crippen LogP contribution < -0.4 is 14.4 Å². The van der Waals surface area contributed by atoms with E-state index in [0.29, 0.717) is 6.79 Å². The van der Waals surface area contributed by atoms with E-state index in [9.17, 15) is 0 Å². The third kappa shape index (κ3) is 2.58. The monoisotopic (exact) mass is 334 g/mol. The number of benzene rings is 1. The second-order valence-electron chi connectivity index (χ2n) is 4.82. The van der Waals surface area contributed by atoms with Crippen molar-refractivity contribution in [2.75, 3.05) is 18.7 Å². The van der Waals surface area contributed by atoms with Gasteiger partial charge in [0, 0.05) is 24.3 Å². The molecule has 0 N–H and O–H groups in total. The van der Waals surface area contributed by atoms with Crippen molar-refractivity contribution in [2.24, 2.45) is 0 Å². The Hall–Kier alpha value is -1.75. The van der Waals surface area contributed by atoms with E-state index in [1.54, 1.807) is 6.20 Å². The second kappa shape index (κ2) is 5.32. The third-order valence-corrected chi connectivity index (χ3v) is 3.81. The highest BCUT2D eigenvalue weighted by Crippen LogP contribution is 2.35. The van der Waals surface area contributed by atoms with Crippen molar-refractivity contribution in [3.63, 3.8) is 0 Å². The average Bonchev–Trinajstić information content (AvgIpc) is 2.87. The summed E-state index contributed by atoms with van der Waals surface area (Å²) in [5.74, 6) is 2.59. The predicted molar refractivity (Wildman–Crippen MR) is 81.3 cm³/mol. The lowest BCUT2D eigenvalue weighted by molar-refractivity contribution is 0.174. The van der Waals surface area contributed by atoms with E-state index in [0.717, 1.165) is 28.3 Å². The molecule has 0 radical (unpaired) electrons. The van der Waals surface area contributed by atoms with Crippen molar-refractivity contribution in [1.82, 2.24) is 4.98 Å². The summed E-state index contributed by atoms with van der Waals surface area (Å²) in [7, 11) is 2.03. The van der Waals surface area contributed by atoms with Crippen LogP contribution >= 0.6 is 15.9 Å². The van der Waals surface area contributed by atoms with Crippen LogP contribution in [-0.2, 0) is 6.54 Å². The van der Waals surface area contributed by atoms with E-state index in [2.05, 4.69) is 32.7 Å². The zero-order chi connectivity index (χ0) is 14.1. The standard InChI is InChI=1S/C15H15BrN2O2/c1-10-5-13-14(20-9-19-13)6-11(10)8-18(2)15-4-3-12(16)7-17-15/h3-7H,8-9H2,1-2H3. The molecule has 0 atom stereocenters. The molecule has 0 unspecified atom stereocenters. The summed E-state index contributed by atoms with van der Waals surface area (Å²) >= 11 is 3.40. The van der Waals surface area contributed by atoms with E-state index < -0.39 is 0 Å². The molecule has 1 aromatic heterocycles. The predicted octanol–water partition coefficient (Wildman–Crippen LogP) is 3.52. The quantitative estimate of drug-likeness (QED) is 0.860. The number of aromatic nitrogens is 1. The van der Waals surface area contributed by atoms with E-state index >= 15 is 0 Å². The van der Waals surface area contributed by atoms with Crippen LogP contribution in [0.5, 0.6) is 11.5 Å². The first kappa shape index (κ1) is 13.2. The maximum Gasteiger partial charge on any atom is 0.231 e. The molecule has 1 aliphatic rings. The van der Waals surface area contributed by atoms with Gasteiger partial charge in [0.25, 0.3) is 0 Å². The van der Waals surface area contributed by atoms with Crippen LogP contribution in [0.1, 0.15) is 11.1 Å². The third-order valence-electron chi connectivity index (χ3n) is 3.34. The highest BCUT2D eigenvalue weighted by molar-refractivity contribution is 9.10. The fourth-order valence-electron chi connectivity index (χ4n) is 2.19. The van der Waals surface area contributed by atoms with Gasteiger partial charge in [0.1, 0.15) is 5.82 Å². The van der Waals surface area contributed by atoms with E-state index in [-0.39, 0.29) is 0 Å². The van der Waals surface area contributed by atoms with Gasteiger partial charge in [-0.3, -0.25) is 0 Å². The first-order valence-corrected chi connectivity index (χ1v) is 7.14. The smallest absolute Gasteiger partial charge is 0.231 e. The Morgan fingerprint density at radius 3 is 2.70 bits per heavy atom. The molecule has 1 aromatic carbocycles. The molecule has 0 spiro atoms. The number of nitrogens with zero attached hydrogens (tertiary/aromatic N) is 2. The van der Waals surface area contributed by atoms with Crippen molar-refractivity contribution in [2.45, 2.75) is 13.5 Å². The van der Waals surface area contributed by atoms with Gasteiger partial charge in [-0.1, -0.05) is 0 Å². The molecule has 3 rings (SSSR count). The van der Waals surface area contributed by atoms with Gasteiger partial charge in [0.05, 0.1) is 0 Å². The Labute approximate surface area is 126 Å². The first-order chi connectivity index (χ1) is 9.63. The lowest BCUT2D eigenvalue weighted by Gasteiger charge is -2.19. The van der Waals surface area contributed by atoms with E-state index in [1.165, 1.54) is 11.1 Å². The van der Waals surface area contributed by atoms with Crippen LogP contribution in [0.25, 0.3) is 0 Å². The van der Waals surface area contributed by atoms with Crippen molar-refractivity contribution in [1.29, 1.82) is 0 Å². The van der Waals surface area contributed by atoms with Gasteiger partial charge >= 0.3 is 0 Å². The topological polar surface area (TPSA) is 34.6 Å². The Morgan fingerprint density at radius 1 is 1.25 bits per heavy atom. The number of rotatable bonds is 3. The van der Waals surface area contributed by atoms with Crippen molar-refractivity contribution < 1.29 is 9.47 Å². The molecule has 0 aliphatic carbocycles. The molecule has 104 valence electrons. The van der Waals surface area contributed by atoms with Crippen molar-refractivity contribution >= 4 is 21.7 Å². The molecular weight excluding hydrogens is 320 g/mol. The van der Waals surface area contributed by atoms with E-state index in [1.807, 2.05) is 31.3 Å². The zero-order valence-corrected chi connectivity index (χ0v) is 13.0. The number of halogens is 1. The Kier molecular flexibility index (Phi) is 3.53. The van der Waals surface area contributed by atoms with Crippen LogP contribution in [-0.4, -0.2) is 18.8 Å². The average molecular weight is 335 g/mol. The molecule has 20 heavy (non-hydrogen) atoms. The highest BCUT2D eigenvalue weighted by Gasteiger charge is 2.16. The molecule has 0 saturated heterocycles. The molecule has 0 saturated carbocycles. The summed E-state index contributed by atoms with van der Waals surface area (Å²) < 4.78 is 11.8. The van der Waals surface area contributed by atoms with Crippen LogP contribution in [0.3, 0.4) is 0 Å². The summed E-state index contributed by atoms with van der Waals surface area (Å²) in [5.41, 5.74) is 2.40. The molecule has 0 fully saturated rings. The van der Waals surface area contributed by atoms with Gasteiger partial charge in [-0.05, 0) is 58.2 Å². The van der Waals surface area contributed by atoms with Crippen molar-refractivity contribution in [3.8, 4) is 11.5 Å². The van der Waals surface area contributed by atoms with Gasteiger partial charge < -0.3 is 14.4 Å². The molecule has 0 amide bonds. The van der Waals surface area contributed by atoms with Gasteiger partial charge in [-0.15, -0.1) is 0 Å². The van der Waals surface area contributed by atoms with Gasteiger partial charge in [-0.2, -0.15) is 0 Å². The summed E-state index contributed by atoms with van der Waals surface area (Å²) in [5, 5.41) is 0. The summed E-state index contributed by atoms with van der Waals surface area (Å²) in [6.07, 6.45) is 1.80. The summed E-state index contributed by atoms with van der Waals surface area (Å²) in [6.45, 7) is 3.17. The number of hydrogen-bond acceptors (Lipinski definition) is 4. The van der Waals surface area contributed by atoms with Crippen LogP contribution in [0.4, 0.5) is 5.82 Å². The molecule has 1 aliphatic heterocycles. The van der Waals surface area contributed by atoms with Crippen molar-refractivity contribution in [3.05, 3.63) is 46.1 Å². The number of fused-ring (bicyclic) bond motifs is 1. The molecular formula is C15H15BrN2O2. The fraction of sp³-hybridized carbons (Fsp3) is 0.267. The Bertz CT molecular complexity index is 629. The number of hydrogen-bond donors (Lipinski definition) is 0. The van der Waals surface area contributed by atoms with E-state index in [4.69, 9.17) is 9.47 Å². The Morgan fingerprint density at radius 2 is 2.00 bits per heavy atom. The number of aryl methyl sites for hydroxylation is 1. The molecule has 2 aromatic rings. The molecule has 0 bridgehead atoms. The minimum Gasteiger partial charge on any atom is -0.454 e. The molecule has 5 heteroatoms. The fourth-order valence-corrected chi connectivity index (χ4v) is 2.42. The first-order valence-electron chi connectivity index (χ1n) is 6.35. The maximum absolute atomic E-state index is 5.43. The van der Waals surface area contributed by atoms with Crippen LogP contribution in [0, 0.1) is 6.92 Å². The lowest BCUT2D eigenvalue weighted by Crippen LogP contribution is -2.18. The lowest BCUT2D eigenvalue weighted by atomic mass is 10.1. The maximum atomic E-state index is 5.43. The normalized spacial score (nSPS) is 12.6. The summed E-state index contributed by atoms with van der Waals surface area (Å²) in [6, 6.07) is 8.06. The summed E-state index contributed by atoms with van der Waals surface area (Å²) in [4.78, 5) is 6.51. The molecule has 2 heterocycles. The van der Waals surface area contributed by atoms with Gasteiger partial charge in [0.2, 0.25) is 6.79 Å². The highest BCUT2D eigenvalue weighted by atomic mass is 79.9. The SMILES string of the molecule is Cc1cc2c(cc1CN(C)c1ccc(Br)cn1)OCO2. The van der Waals surface area contributed by atoms with Gasteiger partial charge in [0.15, 0.2) is 11.5 Å². The van der Waals surface area contributed by atoms with Crippen LogP contribution in [0.2, 0.25) is 0 Å². The number of anilines is 1. The Balaban J connectivity index is 1.82. The van der Waals surface area contributed by atoms with Gasteiger partial charge in [-0.25, -0.2) is 4.98 Å². The minimum atomic E-state index is 0.308. The minimum absolute atomic E-state index is 0.308.